The molecule has 2 aliphatic heterocycles. The zero-order valence-electron chi connectivity index (χ0n) is 12.9. The van der Waals surface area contributed by atoms with Gasteiger partial charge in [-0.2, -0.15) is 0 Å². The van der Waals surface area contributed by atoms with Gasteiger partial charge < -0.3 is 10.2 Å². The molecule has 2 rings (SSSR count). The predicted octanol–water partition coefficient (Wildman–Crippen LogP) is 1.46. The molecule has 0 aromatic rings. The van der Waals surface area contributed by atoms with Crippen molar-refractivity contribution in [3.05, 3.63) is 0 Å². The zero-order chi connectivity index (χ0) is 14.0. The van der Waals surface area contributed by atoms with Crippen LogP contribution >= 0.6 is 0 Å². The molecule has 0 bridgehead atoms. The average Bonchev–Trinajstić information content (AvgIpc) is 2.39. The van der Waals surface area contributed by atoms with Crippen molar-refractivity contribution < 1.29 is 4.79 Å². The molecule has 0 aromatic carbocycles. The average molecular weight is 267 g/mol. The van der Waals surface area contributed by atoms with Crippen molar-refractivity contribution in [2.24, 2.45) is 0 Å². The van der Waals surface area contributed by atoms with Gasteiger partial charge in [-0.1, -0.05) is 0 Å². The summed E-state index contributed by atoms with van der Waals surface area (Å²) in [4.78, 5) is 17.5. The molecule has 110 valence electrons. The van der Waals surface area contributed by atoms with Gasteiger partial charge in [-0.05, 0) is 47.0 Å². The molecule has 0 aliphatic carbocycles. The van der Waals surface area contributed by atoms with E-state index >= 15 is 0 Å². The second-order valence-corrected chi connectivity index (χ2v) is 6.64. The van der Waals surface area contributed by atoms with Crippen molar-refractivity contribution in [1.29, 1.82) is 0 Å². The number of hydrogen-bond acceptors (Lipinski definition) is 3. The first-order chi connectivity index (χ1) is 8.94. The normalized spacial score (nSPS) is 30.4. The summed E-state index contributed by atoms with van der Waals surface area (Å²) in [5.74, 6) is 0.314. The summed E-state index contributed by atoms with van der Waals surface area (Å²) in [5, 5.41) is 3.36. The Balaban J connectivity index is 2.11. The summed E-state index contributed by atoms with van der Waals surface area (Å²) in [6.45, 7) is 12.5. The summed E-state index contributed by atoms with van der Waals surface area (Å²) in [6, 6.07) is 0.775. The molecule has 4 heteroatoms. The van der Waals surface area contributed by atoms with Crippen LogP contribution in [0.5, 0.6) is 0 Å². The lowest BCUT2D eigenvalue weighted by molar-refractivity contribution is -0.149. The van der Waals surface area contributed by atoms with Crippen LogP contribution in [0.15, 0.2) is 0 Å². The van der Waals surface area contributed by atoms with Crippen LogP contribution in [0.2, 0.25) is 0 Å². The molecule has 0 radical (unpaired) electrons. The molecule has 2 atom stereocenters. The molecule has 2 fully saturated rings. The fourth-order valence-corrected chi connectivity index (χ4v) is 3.50. The Labute approximate surface area is 117 Å². The lowest BCUT2D eigenvalue weighted by Gasteiger charge is -2.47. The lowest BCUT2D eigenvalue weighted by Crippen LogP contribution is -2.63. The summed E-state index contributed by atoms with van der Waals surface area (Å²) in [5.41, 5.74) is -0.373. The maximum absolute atomic E-state index is 13.0. The van der Waals surface area contributed by atoms with Crippen molar-refractivity contribution >= 4 is 5.91 Å². The van der Waals surface area contributed by atoms with Gasteiger partial charge in [-0.25, -0.2) is 0 Å². The van der Waals surface area contributed by atoms with Gasteiger partial charge >= 0.3 is 0 Å². The van der Waals surface area contributed by atoms with Gasteiger partial charge in [0, 0.05) is 38.3 Å². The smallest absolute Gasteiger partial charge is 0.243 e. The molecule has 0 aromatic heterocycles. The molecule has 4 nitrogen and oxygen atoms in total. The third-order valence-corrected chi connectivity index (χ3v) is 4.86. The highest BCUT2D eigenvalue weighted by Gasteiger charge is 2.41. The van der Waals surface area contributed by atoms with E-state index in [4.69, 9.17) is 0 Å². The minimum atomic E-state index is -0.373. The number of piperazine rings is 1. The van der Waals surface area contributed by atoms with Gasteiger partial charge in [0.15, 0.2) is 0 Å². The monoisotopic (exact) mass is 267 g/mol. The Morgan fingerprint density at radius 3 is 2.16 bits per heavy atom. The van der Waals surface area contributed by atoms with E-state index in [0.29, 0.717) is 18.0 Å². The van der Waals surface area contributed by atoms with Gasteiger partial charge in [0.25, 0.3) is 0 Å². The van der Waals surface area contributed by atoms with E-state index in [1.54, 1.807) is 0 Å². The quantitative estimate of drug-likeness (QED) is 0.823. The Morgan fingerprint density at radius 1 is 1.11 bits per heavy atom. The molecule has 1 amide bonds. The third-order valence-electron chi connectivity index (χ3n) is 4.86. The highest BCUT2D eigenvalue weighted by Crippen LogP contribution is 2.28. The van der Waals surface area contributed by atoms with Crippen LogP contribution in [0, 0.1) is 0 Å². The van der Waals surface area contributed by atoms with E-state index in [0.717, 1.165) is 39.0 Å². The number of nitrogens with zero attached hydrogens (tertiary/aromatic N) is 2. The Kier molecular flexibility index (Phi) is 4.51. The molecule has 2 unspecified atom stereocenters. The number of rotatable bonds is 2. The second-order valence-electron chi connectivity index (χ2n) is 6.64. The topological polar surface area (TPSA) is 35.6 Å². The number of nitrogens with one attached hydrogen (secondary N) is 1. The largest absolute Gasteiger partial charge is 0.336 e. The number of carbonyl (C=O) groups excluding carboxylic acids is 1. The zero-order valence-corrected chi connectivity index (χ0v) is 12.9. The van der Waals surface area contributed by atoms with Crippen molar-refractivity contribution in [3.63, 3.8) is 0 Å². The first-order valence-electron chi connectivity index (χ1n) is 7.73. The maximum Gasteiger partial charge on any atom is 0.243 e. The predicted molar refractivity (Wildman–Crippen MR) is 78.1 cm³/mol. The van der Waals surface area contributed by atoms with E-state index in [2.05, 4.69) is 42.8 Å². The van der Waals surface area contributed by atoms with Crippen molar-refractivity contribution in [3.8, 4) is 0 Å². The fourth-order valence-electron chi connectivity index (χ4n) is 3.50. The van der Waals surface area contributed by atoms with Crippen LogP contribution in [0.3, 0.4) is 0 Å². The van der Waals surface area contributed by atoms with Crippen LogP contribution in [0.4, 0.5) is 0 Å². The van der Waals surface area contributed by atoms with E-state index in [-0.39, 0.29) is 5.54 Å². The molecule has 2 heterocycles. The standard InChI is InChI=1S/C15H29N3O/c1-12-6-5-7-13(2)18(12)14(19)15(3,4)17-10-8-16-9-11-17/h12-13,16H,5-11H2,1-4H3. The van der Waals surface area contributed by atoms with Crippen LogP contribution in [-0.4, -0.2) is 59.5 Å². The Hall–Kier alpha value is -0.610. The molecular weight excluding hydrogens is 238 g/mol. The van der Waals surface area contributed by atoms with E-state index in [9.17, 15) is 4.79 Å². The second kappa shape index (κ2) is 5.80. The molecule has 1 N–H and O–H groups in total. The third kappa shape index (κ3) is 2.95. The Morgan fingerprint density at radius 2 is 1.63 bits per heavy atom. The summed E-state index contributed by atoms with van der Waals surface area (Å²) in [6.07, 6.45) is 3.54. The lowest BCUT2D eigenvalue weighted by atomic mass is 9.92. The number of carbonyl (C=O) groups is 1. The van der Waals surface area contributed by atoms with Crippen LogP contribution in [-0.2, 0) is 4.79 Å². The van der Waals surface area contributed by atoms with Crippen molar-refractivity contribution in [2.75, 3.05) is 26.2 Å². The number of hydrogen-bond donors (Lipinski definition) is 1. The minimum Gasteiger partial charge on any atom is -0.336 e. The van der Waals surface area contributed by atoms with E-state index in [1.807, 2.05) is 0 Å². The highest BCUT2D eigenvalue weighted by atomic mass is 16.2. The van der Waals surface area contributed by atoms with Gasteiger partial charge in [-0.15, -0.1) is 0 Å². The fraction of sp³-hybridized carbons (Fsp3) is 0.933. The van der Waals surface area contributed by atoms with Gasteiger partial charge in [-0.3, -0.25) is 9.69 Å². The molecule has 0 saturated carbocycles. The van der Waals surface area contributed by atoms with E-state index in [1.165, 1.54) is 6.42 Å². The van der Waals surface area contributed by atoms with Crippen LogP contribution in [0.25, 0.3) is 0 Å². The van der Waals surface area contributed by atoms with Gasteiger partial charge in [0.05, 0.1) is 5.54 Å². The van der Waals surface area contributed by atoms with Crippen LogP contribution in [0.1, 0.15) is 47.0 Å². The molecule has 2 aliphatic rings. The van der Waals surface area contributed by atoms with Gasteiger partial charge in [0.2, 0.25) is 5.91 Å². The number of likely N-dealkylation sites (tertiary alicyclic amines) is 1. The Bertz CT molecular complexity index is 313. The molecule has 19 heavy (non-hydrogen) atoms. The van der Waals surface area contributed by atoms with Crippen molar-refractivity contribution in [1.82, 2.24) is 15.1 Å². The minimum absolute atomic E-state index is 0.314. The molecular formula is C15H29N3O. The first-order valence-corrected chi connectivity index (χ1v) is 7.73. The number of piperidine rings is 1. The number of amides is 1. The van der Waals surface area contributed by atoms with Gasteiger partial charge in [0.1, 0.15) is 0 Å². The summed E-state index contributed by atoms with van der Waals surface area (Å²) in [7, 11) is 0. The SMILES string of the molecule is CC1CCCC(C)N1C(=O)C(C)(C)N1CCNCC1. The maximum atomic E-state index is 13.0. The summed E-state index contributed by atoms with van der Waals surface area (Å²) >= 11 is 0. The highest BCUT2D eigenvalue weighted by molar-refractivity contribution is 5.86. The van der Waals surface area contributed by atoms with E-state index < -0.39 is 0 Å². The van der Waals surface area contributed by atoms with Crippen LogP contribution < -0.4 is 5.32 Å². The summed E-state index contributed by atoms with van der Waals surface area (Å²) < 4.78 is 0. The molecule has 2 saturated heterocycles. The van der Waals surface area contributed by atoms with Crippen molar-refractivity contribution in [2.45, 2.75) is 64.6 Å². The first kappa shape index (κ1) is 14.8. The molecule has 0 spiro atoms.